The number of rotatable bonds is 7. The lowest BCUT2D eigenvalue weighted by Gasteiger charge is -2.12. The topological polar surface area (TPSA) is 97.6 Å². The zero-order valence-electron chi connectivity index (χ0n) is 12.3. The molecule has 0 aliphatic carbocycles. The first-order chi connectivity index (χ1) is 10.1. The Labute approximate surface area is 125 Å². The van der Waals surface area contributed by atoms with Crippen molar-refractivity contribution >= 4 is 22.7 Å². The van der Waals surface area contributed by atoms with Gasteiger partial charge in [0, 0.05) is 47.8 Å². The third-order valence-electron chi connectivity index (χ3n) is 2.81. The van der Waals surface area contributed by atoms with Crippen molar-refractivity contribution in [1.29, 1.82) is 0 Å². The molecule has 0 spiro atoms. The van der Waals surface area contributed by atoms with Gasteiger partial charge in [0.15, 0.2) is 0 Å². The Morgan fingerprint density at radius 1 is 1.29 bits per heavy atom. The van der Waals surface area contributed by atoms with E-state index in [0.29, 0.717) is 30.9 Å². The second-order valence-electron chi connectivity index (χ2n) is 4.47. The van der Waals surface area contributed by atoms with Crippen molar-refractivity contribution in [2.45, 2.75) is 19.1 Å². The van der Waals surface area contributed by atoms with Crippen LogP contribution in [0.3, 0.4) is 0 Å². The van der Waals surface area contributed by atoms with Gasteiger partial charge in [0.1, 0.15) is 6.33 Å². The molecule has 2 rings (SSSR count). The Bertz CT molecular complexity index is 602. The van der Waals surface area contributed by atoms with Crippen molar-refractivity contribution in [2.75, 3.05) is 30.0 Å². The maximum atomic E-state index is 11.4. The van der Waals surface area contributed by atoms with Crippen molar-refractivity contribution in [2.24, 2.45) is 0 Å². The van der Waals surface area contributed by atoms with Crippen molar-refractivity contribution in [3.63, 3.8) is 0 Å². The smallest absolute Gasteiger partial charge is 0.241 e. The van der Waals surface area contributed by atoms with Crippen LogP contribution in [0.5, 0.6) is 0 Å². The molecule has 0 radical (unpaired) electrons. The lowest BCUT2D eigenvalue weighted by atomic mass is 10.5. The third-order valence-corrected chi connectivity index (χ3v) is 4.11. The van der Waals surface area contributed by atoms with Gasteiger partial charge < -0.3 is 10.6 Å². The molecule has 0 aromatic carbocycles. The lowest BCUT2D eigenvalue weighted by Crippen LogP contribution is -2.22. The van der Waals surface area contributed by atoms with E-state index >= 15 is 0 Å². The quantitative estimate of drug-likeness (QED) is 0.775. The fourth-order valence-corrected chi connectivity index (χ4v) is 1.84. The second-order valence-corrected chi connectivity index (χ2v) is 6.27. The van der Waals surface area contributed by atoms with Gasteiger partial charge >= 0.3 is 0 Å². The lowest BCUT2D eigenvalue weighted by molar-refractivity contribution is 0.678. The van der Waals surface area contributed by atoms with Crippen molar-refractivity contribution in [3.05, 3.63) is 18.7 Å². The molecule has 2 unspecified atom stereocenters. The van der Waals surface area contributed by atoms with Gasteiger partial charge in [-0.15, -0.1) is 0 Å². The minimum absolute atomic E-state index is 0.0149. The summed E-state index contributed by atoms with van der Waals surface area (Å²) >= 11 is 0. The van der Waals surface area contributed by atoms with E-state index < -0.39 is 10.8 Å². The van der Waals surface area contributed by atoms with Crippen LogP contribution in [0, 0.1) is 0 Å². The van der Waals surface area contributed by atoms with Crippen LogP contribution < -0.4 is 10.6 Å². The van der Waals surface area contributed by atoms with Crippen molar-refractivity contribution in [3.8, 4) is 5.95 Å². The predicted molar refractivity (Wildman–Crippen MR) is 83.1 cm³/mol. The Balaban J connectivity index is 2.21. The Hall–Kier alpha value is -2.03. The van der Waals surface area contributed by atoms with Crippen molar-refractivity contribution < 1.29 is 4.21 Å². The molecule has 0 aliphatic heterocycles. The minimum atomic E-state index is -0.892. The number of nitrogens with one attached hydrogen (secondary N) is 2. The van der Waals surface area contributed by atoms with Crippen LogP contribution >= 0.6 is 0 Å². The van der Waals surface area contributed by atoms with E-state index in [1.165, 1.54) is 0 Å². The summed E-state index contributed by atoms with van der Waals surface area (Å²) in [7, 11) is -0.892. The molecule has 2 N–H and O–H groups in total. The number of hydrogen-bond donors (Lipinski definition) is 2. The van der Waals surface area contributed by atoms with E-state index in [-0.39, 0.29) is 5.25 Å². The van der Waals surface area contributed by atoms with Crippen LogP contribution in [0.2, 0.25) is 0 Å². The Morgan fingerprint density at radius 2 is 2.00 bits per heavy atom. The van der Waals surface area contributed by atoms with Crippen molar-refractivity contribution in [1.82, 2.24) is 24.5 Å². The molecule has 0 saturated carbocycles. The molecule has 0 fully saturated rings. The molecule has 0 aliphatic rings. The van der Waals surface area contributed by atoms with Crippen LogP contribution in [0.4, 0.5) is 11.9 Å². The highest BCUT2D eigenvalue weighted by atomic mass is 32.2. The molecule has 2 aromatic heterocycles. The molecule has 21 heavy (non-hydrogen) atoms. The average Bonchev–Trinajstić information content (AvgIpc) is 2.99. The van der Waals surface area contributed by atoms with E-state index in [4.69, 9.17) is 0 Å². The van der Waals surface area contributed by atoms with E-state index in [2.05, 4.69) is 30.6 Å². The molecule has 8 nitrogen and oxygen atoms in total. The molecule has 9 heteroatoms. The van der Waals surface area contributed by atoms with Gasteiger partial charge in [-0.2, -0.15) is 15.0 Å². The van der Waals surface area contributed by atoms with Crippen LogP contribution in [0.15, 0.2) is 18.7 Å². The molecule has 2 atom stereocenters. The van der Waals surface area contributed by atoms with Gasteiger partial charge in [-0.1, -0.05) is 0 Å². The van der Waals surface area contributed by atoms with Gasteiger partial charge in [0.25, 0.3) is 0 Å². The summed E-state index contributed by atoms with van der Waals surface area (Å²) in [5, 5.41) is 6.18. The third kappa shape index (κ3) is 4.22. The summed E-state index contributed by atoms with van der Waals surface area (Å²) in [5.74, 6) is 1.41. The van der Waals surface area contributed by atoms with Gasteiger partial charge in [0.2, 0.25) is 17.8 Å². The van der Waals surface area contributed by atoms with E-state index in [0.717, 1.165) is 0 Å². The van der Waals surface area contributed by atoms with Crippen LogP contribution in [0.1, 0.15) is 13.8 Å². The number of imidazole rings is 1. The highest BCUT2D eigenvalue weighted by Crippen LogP contribution is 2.09. The molecule has 0 amide bonds. The van der Waals surface area contributed by atoms with E-state index in [1.54, 1.807) is 29.5 Å². The van der Waals surface area contributed by atoms with Crippen LogP contribution in [0.25, 0.3) is 5.95 Å². The summed E-state index contributed by atoms with van der Waals surface area (Å²) in [6.07, 6.45) is 6.73. The fraction of sp³-hybridized carbons (Fsp3) is 0.500. The summed E-state index contributed by atoms with van der Waals surface area (Å²) in [6, 6.07) is 0. The number of aromatic nitrogens is 5. The number of nitrogens with zero attached hydrogens (tertiary/aromatic N) is 5. The largest absolute Gasteiger partial charge is 0.354 e. The maximum Gasteiger partial charge on any atom is 0.241 e. The Kier molecular flexibility index (Phi) is 5.20. The van der Waals surface area contributed by atoms with Gasteiger partial charge in [-0.05, 0) is 13.8 Å². The van der Waals surface area contributed by atoms with E-state index in [1.807, 2.05) is 13.8 Å². The molecule has 0 saturated heterocycles. The first-order valence-corrected chi connectivity index (χ1v) is 8.26. The zero-order valence-corrected chi connectivity index (χ0v) is 13.1. The van der Waals surface area contributed by atoms with Crippen LogP contribution in [-0.2, 0) is 10.8 Å². The van der Waals surface area contributed by atoms with Crippen LogP contribution in [-0.4, -0.2) is 53.3 Å². The van der Waals surface area contributed by atoms with Gasteiger partial charge in [-0.25, -0.2) is 4.98 Å². The number of hydrogen-bond acceptors (Lipinski definition) is 7. The predicted octanol–water partition coefficient (Wildman–Crippen LogP) is 0.668. The monoisotopic (exact) mass is 309 g/mol. The van der Waals surface area contributed by atoms with Gasteiger partial charge in [0.05, 0.1) is 0 Å². The standard InChI is InChI=1S/C12H19N7OS/c1-4-14-10-16-11(15-7-9(2)21(3)20)18-12(17-10)19-6-5-13-8-19/h5-6,8-9H,4,7H2,1-3H3,(H2,14,15,16,17,18). The maximum absolute atomic E-state index is 11.4. The normalized spacial score (nSPS) is 13.7. The molecular weight excluding hydrogens is 290 g/mol. The first kappa shape index (κ1) is 15.4. The fourth-order valence-electron chi connectivity index (χ4n) is 1.53. The highest BCUT2D eigenvalue weighted by Gasteiger charge is 2.10. The molecule has 0 bridgehead atoms. The molecular formula is C12H19N7OS. The van der Waals surface area contributed by atoms with Gasteiger partial charge in [-0.3, -0.25) is 8.78 Å². The summed E-state index contributed by atoms with van der Waals surface area (Å²) < 4.78 is 13.1. The second kappa shape index (κ2) is 7.11. The average molecular weight is 309 g/mol. The summed E-state index contributed by atoms with van der Waals surface area (Å²) in [4.78, 5) is 16.9. The molecule has 2 heterocycles. The Morgan fingerprint density at radius 3 is 2.57 bits per heavy atom. The van der Waals surface area contributed by atoms with E-state index in [9.17, 15) is 4.21 Å². The minimum Gasteiger partial charge on any atom is -0.354 e. The zero-order chi connectivity index (χ0) is 15.2. The molecule has 114 valence electrons. The SMILES string of the molecule is CCNc1nc(NCC(C)S(C)=O)nc(-n2ccnc2)n1. The molecule has 2 aromatic rings. The number of anilines is 2. The first-order valence-electron chi connectivity index (χ1n) is 6.64. The summed E-state index contributed by atoms with van der Waals surface area (Å²) in [6.45, 7) is 5.12. The highest BCUT2D eigenvalue weighted by molar-refractivity contribution is 7.84. The summed E-state index contributed by atoms with van der Waals surface area (Å²) in [5.41, 5.74) is 0.